The zero-order chi connectivity index (χ0) is 16.9. The second-order valence-corrected chi connectivity index (χ2v) is 6.06. The number of carbonyl (C=O) groups excluding carboxylic acids is 1. The Bertz CT molecular complexity index is 650. The average molecular weight is 329 g/mol. The maximum Gasteiger partial charge on any atom is 0.226 e. The quantitative estimate of drug-likeness (QED) is 0.595. The van der Waals surface area contributed by atoms with Crippen molar-refractivity contribution in [1.82, 2.24) is 36.6 Å². The Morgan fingerprint density at radius 3 is 2.62 bits per heavy atom. The predicted octanol–water partition coefficient (Wildman–Crippen LogP) is -0.0476. The van der Waals surface area contributed by atoms with Crippen LogP contribution in [0.3, 0.4) is 0 Å². The number of carbonyl (C=O) groups is 1. The first-order chi connectivity index (χ1) is 11.6. The molecule has 0 spiro atoms. The molecule has 1 aliphatic heterocycles. The third-order valence-corrected chi connectivity index (χ3v) is 4.14. The Labute approximate surface area is 141 Å². The van der Waals surface area contributed by atoms with Gasteiger partial charge in [-0.2, -0.15) is 16.2 Å². The second-order valence-electron chi connectivity index (χ2n) is 6.06. The van der Waals surface area contributed by atoms with Gasteiger partial charge in [-0.1, -0.05) is 19.1 Å². The van der Waals surface area contributed by atoms with Crippen molar-refractivity contribution in [1.29, 1.82) is 0 Å². The van der Waals surface area contributed by atoms with Gasteiger partial charge in [0, 0.05) is 31.9 Å². The van der Waals surface area contributed by atoms with Crippen LogP contribution in [-0.2, 0) is 11.2 Å². The van der Waals surface area contributed by atoms with Crippen molar-refractivity contribution in [2.24, 2.45) is 5.92 Å². The minimum absolute atomic E-state index is 0.0774. The first-order valence-corrected chi connectivity index (χ1v) is 7.97. The van der Waals surface area contributed by atoms with E-state index >= 15 is 0 Å². The lowest BCUT2D eigenvalue weighted by Crippen LogP contribution is -2.45. The number of hydrazine groups is 3. The zero-order valence-corrected chi connectivity index (χ0v) is 13.9. The lowest BCUT2D eigenvalue weighted by atomic mass is 10.1. The van der Waals surface area contributed by atoms with Crippen molar-refractivity contribution >= 4 is 5.91 Å². The lowest BCUT2D eigenvalue weighted by molar-refractivity contribution is -0.129. The highest BCUT2D eigenvalue weighted by molar-refractivity contribution is 5.78. The number of likely N-dealkylation sites (N-methyl/N-ethyl adjacent to an activating group) is 1. The molecule has 8 heteroatoms. The maximum atomic E-state index is 12.4. The van der Waals surface area contributed by atoms with Gasteiger partial charge in [-0.05, 0) is 23.8 Å². The summed E-state index contributed by atoms with van der Waals surface area (Å²) in [5.74, 6) is 0.358. The summed E-state index contributed by atoms with van der Waals surface area (Å²) in [6.45, 7) is 2.75. The van der Waals surface area contributed by atoms with Crippen LogP contribution in [0.4, 0.5) is 0 Å². The van der Waals surface area contributed by atoms with Gasteiger partial charge in [-0.25, -0.2) is 15.5 Å². The molecule has 0 radical (unpaired) electrons. The molecule has 3 rings (SSSR count). The molecule has 1 aromatic carbocycles. The normalized spacial score (nSPS) is 16.2. The highest BCUT2D eigenvalue weighted by Crippen LogP contribution is 2.11. The van der Waals surface area contributed by atoms with Gasteiger partial charge in [0.1, 0.15) is 0 Å². The third kappa shape index (κ3) is 3.98. The van der Waals surface area contributed by atoms with Crippen molar-refractivity contribution in [3.8, 4) is 5.69 Å². The van der Waals surface area contributed by atoms with Crippen molar-refractivity contribution in [3.63, 3.8) is 0 Å². The highest BCUT2D eigenvalue weighted by Gasteiger charge is 2.22. The van der Waals surface area contributed by atoms with Gasteiger partial charge in [0.15, 0.2) is 0 Å². The summed E-state index contributed by atoms with van der Waals surface area (Å²) in [6, 6.07) is 9.77. The molecule has 4 N–H and O–H groups in total. The fourth-order valence-corrected chi connectivity index (χ4v) is 2.69. The SMILES string of the molecule is CC(CN(C)C(=O)Cc1ccc(-n2cccn2)cc1)C1NNNN1. The van der Waals surface area contributed by atoms with E-state index in [-0.39, 0.29) is 18.0 Å². The number of hydrogen-bond donors (Lipinski definition) is 4. The minimum atomic E-state index is 0.0774. The summed E-state index contributed by atoms with van der Waals surface area (Å²) in [5.41, 5.74) is 13.7. The summed E-state index contributed by atoms with van der Waals surface area (Å²) in [7, 11) is 1.84. The Kier molecular flexibility index (Phi) is 5.21. The molecule has 0 aliphatic carbocycles. The Balaban J connectivity index is 1.53. The van der Waals surface area contributed by atoms with Gasteiger partial charge >= 0.3 is 0 Å². The summed E-state index contributed by atoms with van der Waals surface area (Å²) in [4.78, 5) is 14.2. The van der Waals surface area contributed by atoms with Gasteiger partial charge in [0.2, 0.25) is 5.91 Å². The Morgan fingerprint density at radius 1 is 1.29 bits per heavy atom. The van der Waals surface area contributed by atoms with E-state index in [1.807, 2.05) is 43.6 Å². The third-order valence-electron chi connectivity index (χ3n) is 4.14. The monoisotopic (exact) mass is 329 g/mol. The number of rotatable bonds is 6. The van der Waals surface area contributed by atoms with Crippen LogP contribution < -0.4 is 21.9 Å². The standard InChI is InChI=1S/C16H23N7O/c1-12(16-18-20-21-19-16)11-22(2)15(24)10-13-4-6-14(7-5-13)23-9-3-8-17-23/h3-9,12,16,18-21H,10-11H2,1-2H3. The summed E-state index contributed by atoms with van der Waals surface area (Å²) in [6.07, 6.45) is 4.11. The van der Waals surface area contributed by atoms with E-state index < -0.39 is 0 Å². The average Bonchev–Trinajstić information content (AvgIpc) is 3.29. The molecule has 24 heavy (non-hydrogen) atoms. The maximum absolute atomic E-state index is 12.4. The van der Waals surface area contributed by atoms with E-state index in [0.717, 1.165) is 11.3 Å². The molecule has 8 nitrogen and oxygen atoms in total. The molecular weight excluding hydrogens is 306 g/mol. The molecule has 2 aromatic rings. The van der Waals surface area contributed by atoms with Crippen LogP contribution in [0, 0.1) is 5.92 Å². The fourth-order valence-electron chi connectivity index (χ4n) is 2.69. The van der Waals surface area contributed by atoms with E-state index in [9.17, 15) is 4.79 Å². The largest absolute Gasteiger partial charge is 0.345 e. The van der Waals surface area contributed by atoms with Gasteiger partial charge in [0.25, 0.3) is 0 Å². The minimum Gasteiger partial charge on any atom is -0.345 e. The predicted molar refractivity (Wildman–Crippen MR) is 90.4 cm³/mol. The highest BCUT2D eigenvalue weighted by atomic mass is 16.2. The summed E-state index contributed by atoms with van der Waals surface area (Å²) < 4.78 is 1.79. The van der Waals surface area contributed by atoms with E-state index in [1.54, 1.807) is 15.8 Å². The Hall–Kier alpha value is -2.26. The molecular formula is C16H23N7O. The molecule has 1 saturated heterocycles. The van der Waals surface area contributed by atoms with E-state index in [0.29, 0.717) is 13.0 Å². The van der Waals surface area contributed by atoms with E-state index in [2.05, 4.69) is 33.9 Å². The van der Waals surface area contributed by atoms with Crippen LogP contribution in [0.5, 0.6) is 0 Å². The van der Waals surface area contributed by atoms with Crippen LogP contribution >= 0.6 is 0 Å². The van der Waals surface area contributed by atoms with Crippen molar-refractivity contribution in [3.05, 3.63) is 48.3 Å². The molecule has 0 saturated carbocycles. The molecule has 1 unspecified atom stereocenters. The molecule has 128 valence electrons. The number of benzene rings is 1. The van der Waals surface area contributed by atoms with Gasteiger partial charge < -0.3 is 4.90 Å². The van der Waals surface area contributed by atoms with Gasteiger partial charge in [0.05, 0.1) is 18.3 Å². The summed E-state index contributed by atoms with van der Waals surface area (Å²) >= 11 is 0. The van der Waals surface area contributed by atoms with Crippen LogP contribution in [0.25, 0.3) is 5.69 Å². The van der Waals surface area contributed by atoms with Crippen LogP contribution in [0.15, 0.2) is 42.7 Å². The van der Waals surface area contributed by atoms with Gasteiger partial charge in [-0.3, -0.25) is 4.79 Å². The molecule has 1 fully saturated rings. The topological polar surface area (TPSA) is 86.2 Å². The van der Waals surface area contributed by atoms with Crippen molar-refractivity contribution in [2.75, 3.05) is 13.6 Å². The smallest absolute Gasteiger partial charge is 0.226 e. The van der Waals surface area contributed by atoms with Gasteiger partial charge in [-0.15, -0.1) is 0 Å². The fraction of sp³-hybridized carbons (Fsp3) is 0.375. The summed E-state index contributed by atoms with van der Waals surface area (Å²) in [5, 5.41) is 4.20. The van der Waals surface area contributed by atoms with Crippen molar-refractivity contribution in [2.45, 2.75) is 19.5 Å². The molecule has 1 aliphatic rings. The van der Waals surface area contributed by atoms with Crippen LogP contribution in [-0.4, -0.2) is 40.3 Å². The van der Waals surface area contributed by atoms with Crippen LogP contribution in [0.1, 0.15) is 12.5 Å². The van der Waals surface area contributed by atoms with Crippen LogP contribution in [0.2, 0.25) is 0 Å². The molecule has 1 aromatic heterocycles. The zero-order valence-electron chi connectivity index (χ0n) is 13.9. The molecule has 2 heterocycles. The molecule has 1 amide bonds. The Morgan fingerprint density at radius 2 is 2.00 bits per heavy atom. The number of amides is 1. The number of aromatic nitrogens is 2. The molecule has 0 bridgehead atoms. The molecule has 1 atom stereocenters. The number of hydrogen-bond acceptors (Lipinski definition) is 6. The first kappa shape index (κ1) is 16.6. The van der Waals surface area contributed by atoms with E-state index in [4.69, 9.17) is 0 Å². The number of nitrogens with zero attached hydrogens (tertiary/aromatic N) is 3. The number of nitrogens with one attached hydrogen (secondary N) is 4. The van der Waals surface area contributed by atoms with E-state index in [1.165, 1.54) is 0 Å². The van der Waals surface area contributed by atoms with Crippen molar-refractivity contribution < 1.29 is 4.79 Å². The lowest BCUT2D eigenvalue weighted by Gasteiger charge is -2.25. The first-order valence-electron chi connectivity index (χ1n) is 7.97. The second kappa shape index (κ2) is 7.54.